The van der Waals surface area contributed by atoms with Crippen molar-refractivity contribution in [1.29, 1.82) is 0 Å². The van der Waals surface area contributed by atoms with Crippen LogP contribution in [0.5, 0.6) is 0 Å². The number of rotatable bonds is 8. The Morgan fingerprint density at radius 2 is 2.20 bits per heavy atom. The minimum atomic E-state index is -0.775. The van der Waals surface area contributed by atoms with Crippen molar-refractivity contribution in [2.75, 3.05) is 19.0 Å². The maximum Gasteiger partial charge on any atom is 0.341 e. The molecule has 1 aromatic heterocycles. The number of nitrogens with zero attached hydrogens (tertiary/aromatic N) is 1. The van der Waals surface area contributed by atoms with E-state index in [1.165, 1.54) is 7.11 Å². The molecule has 0 saturated heterocycles. The zero-order valence-electron chi connectivity index (χ0n) is 11.8. The van der Waals surface area contributed by atoms with E-state index in [9.17, 15) is 9.59 Å². The molecule has 1 unspecified atom stereocenters. The summed E-state index contributed by atoms with van der Waals surface area (Å²) in [5.41, 5.74) is 0.396. The van der Waals surface area contributed by atoms with Crippen molar-refractivity contribution in [3.8, 4) is 0 Å². The van der Waals surface area contributed by atoms with Crippen LogP contribution in [0.25, 0.3) is 0 Å². The normalized spacial score (nSPS) is 11.7. The molecular weight excluding hydrogens is 260 g/mol. The summed E-state index contributed by atoms with van der Waals surface area (Å²) in [6, 6.07) is 3.32. The third kappa shape index (κ3) is 5.26. The van der Waals surface area contributed by atoms with Crippen LogP contribution in [0.1, 0.15) is 36.5 Å². The van der Waals surface area contributed by atoms with Crippen molar-refractivity contribution in [1.82, 2.24) is 4.98 Å². The second kappa shape index (κ2) is 8.14. The lowest BCUT2D eigenvalue weighted by Gasteiger charge is -2.12. The van der Waals surface area contributed by atoms with Crippen LogP contribution in [-0.4, -0.2) is 35.7 Å². The number of carboxylic acid groups (broad SMARTS) is 1. The van der Waals surface area contributed by atoms with Crippen LogP contribution in [0.15, 0.2) is 18.3 Å². The summed E-state index contributed by atoms with van der Waals surface area (Å²) in [7, 11) is 1.33. The number of aromatic nitrogens is 1. The third-order valence-electron chi connectivity index (χ3n) is 2.99. The molecule has 6 heteroatoms. The molecule has 0 aliphatic rings. The van der Waals surface area contributed by atoms with Gasteiger partial charge in [0.15, 0.2) is 0 Å². The number of carboxylic acids is 1. The third-order valence-corrected chi connectivity index (χ3v) is 2.99. The summed E-state index contributed by atoms with van der Waals surface area (Å²) in [6.07, 6.45) is 3.23. The topological polar surface area (TPSA) is 88.5 Å². The van der Waals surface area contributed by atoms with Crippen LogP contribution < -0.4 is 5.32 Å². The Morgan fingerprint density at radius 3 is 2.85 bits per heavy atom. The lowest BCUT2D eigenvalue weighted by molar-refractivity contribution is -0.137. The number of hydrogen-bond acceptors (Lipinski definition) is 5. The zero-order valence-corrected chi connectivity index (χ0v) is 11.8. The van der Waals surface area contributed by atoms with Crippen molar-refractivity contribution in [3.05, 3.63) is 23.9 Å². The van der Waals surface area contributed by atoms with E-state index in [2.05, 4.69) is 15.0 Å². The second-order valence-corrected chi connectivity index (χ2v) is 4.64. The molecule has 0 bridgehead atoms. The highest BCUT2D eigenvalue weighted by atomic mass is 16.5. The van der Waals surface area contributed by atoms with E-state index < -0.39 is 11.9 Å². The molecule has 0 aromatic carbocycles. The van der Waals surface area contributed by atoms with Crippen LogP contribution in [0.3, 0.4) is 0 Å². The smallest absolute Gasteiger partial charge is 0.341 e. The van der Waals surface area contributed by atoms with E-state index in [1.54, 1.807) is 18.3 Å². The maximum absolute atomic E-state index is 11.5. The fourth-order valence-electron chi connectivity index (χ4n) is 1.77. The molecule has 0 fully saturated rings. The van der Waals surface area contributed by atoms with Crippen molar-refractivity contribution >= 4 is 17.8 Å². The number of carbonyl (C=O) groups excluding carboxylic acids is 1. The maximum atomic E-state index is 11.5. The van der Waals surface area contributed by atoms with E-state index in [0.29, 0.717) is 30.3 Å². The van der Waals surface area contributed by atoms with Crippen molar-refractivity contribution in [3.63, 3.8) is 0 Å². The Morgan fingerprint density at radius 1 is 1.45 bits per heavy atom. The summed E-state index contributed by atoms with van der Waals surface area (Å²) in [4.78, 5) is 26.1. The standard InChI is InChI=1S/C14H20N2O4/c1-10(5-6-12(17)18)7-9-16-13-11(14(19)20-2)4-3-8-15-13/h3-4,8,10H,5-7,9H2,1-2H3,(H,15,16)(H,17,18). The Labute approximate surface area is 118 Å². The van der Waals surface area contributed by atoms with Gasteiger partial charge in [0.25, 0.3) is 0 Å². The molecule has 0 aliphatic carbocycles. The van der Waals surface area contributed by atoms with Crippen LogP contribution in [0, 0.1) is 5.92 Å². The first-order chi connectivity index (χ1) is 9.54. The molecule has 1 aromatic rings. The number of ether oxygens (including phenoxy) is 1. The molecule has 0 aliphatic heterocycles. The molecular formula is C14H20N2O4. The zero-order chi connectivity index (χ0) is 15.0. The van der Waals surface area contributed by atoms with Gasteiger partial charge in [-0.3, -0.25) is 4.79 Å². The summed E-state index contributed by atoms with van der Waals surface area (Å²) >= 11 is 0. The van der Waals surface area contributed by atoms with Crippen LogP contribution in [0.4, 0.5) is 5.82 Å². The Hall–Kier alpha value is -2.11. The minimum Gasteiger partial charge on any atom is -0.481 e. The largest absolute Gasteiger partial charge is 0.481 e. The first kappa shape index (κ1) is 15.9. The Kier molecular flexibility index (Phi) is 6.49. The van der Waals surface area contributed by atoms with Gasteiger partial charge in [0, 0.05) is 19.2 Å². The number of carbonyl (C=O) groups is 2. The van der Waals surface area contributed by atoms with Gasteiger partial charge in [0.1, 0.15) is 11.4 Å². The predicted molar refractivity (Wildman–Crippen MR) is 74.7 cm³/mol. The highest BCUT2D eigenvalue weighted by Crippen LogP contribution is 2.14. The quantitative estimate of drug-likeness (QED) is 0.709. The van der Waals surface area contributed by atoms with Gasteiger partial charge >= 0.3 is 11.9 Å². The number of aliphatic carboxylic acids is 1. The molecule has 20 heavy (non-hydrogen) atoms. The summed E-state index contributed by atoms with van der Waals surface area (Å²) in [5, 5.41) is 11.7. The summed E-state index contributed by atoms with van der Waals surface area (Å²) in [5.74, 6) is -0.421. The number of methoxy groups -OCH3 is 1. The second-order valence-electron chi connectivity index (χ2n) is 4.64. The van der Waals surface area contributed by atoms with Crippen molar-refractivity contribution < 1.29 is 19.4 Å². The van der Waals surface area contributed by atoms with Gasteiger partial charge in [0.05, 0.1) is 7.11 Å². The number of hydrogen-bond donors (Lipinski definition) is 2. The molecule has 0 radical (unpaired) electrons. The molecule has 110 valence electrons. The van der Waals surface area contributed by atoms with Gasteiger partial charge in [-0.2, -0.15) is 0 Å². The monoisotopic (exact) mass is 280 g/mol. The SMILES string of the molecule is COC(=O)c1cccnc1NCCC(C)CCC(=O)O. The highest BCUT2D eigenvalue weighted by Gasteiger charge is 2.12. The number of pyridine rings is 1. The van der Waals surface area contributed by atoms with Crippen LogP contribution >= 0.6 is 0 Å². The van der Waals surface area contributed by atoms with Crippen LogP contribution in [0.2, 0.25) is 0 Å². The van der Waals surface area contributed by atoms with Gasteiger partial charge in [-0.15, -0.1) is 0 Å². The fourth-order valence-corrected chi connectivity index (χ4v) is 1.77. The molecule has 0 spiro atoms. The van der Waals surface area contributed by atoms with Gasteiger partial charge in [-0.1, -0.05) is 6.92 Å². The molecule has 1 atom stereocenters. The molecule has 1 heterocycles. The number of esters is 1. The Bertz CT molecular complexity index is 462. The molecule has 0 amide bonds. The van der Waals surface area contributed by atoms with Gasteiger partial charge in [-0.25, -0.2) is 9.78 Å². The summed E-state index contributed by atoms with van der Waals surface area (Å²) in [6.45, 7) is 2.63. The van der Waals surface area contributed by atoms with E-state index >= 15 is 0 Å². The highest BCUT2D eigenvalue weighted by molar-refractivity contribution is 5.94. The molecule has 6 nitrogen and oxygen atoms in total. The van der Waals surface area contributed by atoms with Crippen LogP contribution in [-0.2, 0) is 9.53 Å². The first-order valence-electron chi connectivity index (χ1n) is 6.53. The number of nitrogens with one attached hydrogen (secondary N) is 1. The fraction of sp³-hybridized carbons (Fsp3) is 0.500. The van der Waals surface area contributed by atoms with E-state index in [4.69, 9.17) is 5.11 Å². The molecule has 2 N–H and O–H groups in total. The van der Waals surface area contributed by atoms with E-state index in [-0.39, 0.29) is 6.42 Å². The van der Waals surface area contributed by atoms with Gasteiger partial charge in [-0.05, 0) is 30.9 Å². The van der Waals surface area contributed by atoms with Crippen molar-refractivity contribution in [2.24, 2.45) is 5.92 Å². The Balaban J connectivity index is 2.46. The summed E-state index contributed by atoms with van der Waals surface area (Å²) < 4.78 is 4.69. The van der Waals surface area contributed by atoms with Crippen molar-refractivity contribution in [2.45, 2.75) is 26.2 Å². The molecule has 0 saturated carbocycles. The lowest BCUT2D eigenvalue weighted by atomic mass is 10.0. The van der Waals surface area contributed by atoms with E-state index in [0.717, 1.165) is 6.42 Å². The first-order valence-corrected chi connectivity index (χ1v) is 6.53. The average molecular weight is 280 g/mol. The predicted octanol–water partition coefficient (Wildman–Crippen LogP) is 2.17. The van der Waals surface area contributed by atoms with Gasteiger partial charge in [0.2, 0.25) is 0 Å². The van der Waals surface area contributed by atoms with Gasteiger partial charge < -0.3 is 15.2 Å². The van der Waals surface area contributed by atoms with E-state index in [1.807, 2.05) is 6.92 Å². The number of anilines is 1. The lowest BCUT2D eigenvalue weighted by Crippen LogP contribution is -2.13. The average Bonchev–Trinajstić information content (AvgIpc) is 2.45. The molecule has 1 rings (SSSR count). The minimum absolute atomic E-state index is 0.179.